The van der Waals surface area contributed by atoms with Crippen LogP contribution >= 0.6 is 0 Å². The van der Waals surface area contributed by atoms with Crippen LogP contribution in [0.1, 0.15) is 19.4 Å². The van der Waals surface area contributed by atoms with E-state index in [0.717, 1.165) is 9.87 Å². The Kier molecular flexibility index (Phi) is 9.68. The Morgan fingerprint density at radius 1 is 0.919 bits per heavy atom. The lowest BCUT2D eigenvalue weighted by Gasteiger charge is -2.32. The first-order valence-electron chi connectivity index (χ1n) is 12.1. The maximum atomic E-state index is 13.8. The van der Waals surface area contributed by atoms with Crippen LogP contribution in [0.3, 0.4) is 0 Å². The minimum absolute atomic E-state index is 0.0456. The summed E-state index contributed by atoms with van der Waals surface area (Å²) in [5.74, 6) is -0.501. The molecule has 0 spiro atoms. The van der Waals surface area contributed by atoms with E-state index >= 15 is 0 Å². The Labute approximate surface area is 218 Å². The second kappa shape index (κ2) is 12.9. The summed E-state index contributed by atoms with van der Waals surface area (Å²) in [6.45, 7) is 3.49. The molecule has 1 atom stereocenters. The monoisotopic (exact) mass is 523 g/mol. The largest absolute Gasteiger partial charge is 0.492 e. The average Bonchev–Trinajstić information content (AvgIpc) is 2.93. The third kappa shape index (κ3) is 6.89. The molecular formula is C28H33N3O5S. The van der Waals surface area contributed by atoms with Crippen LogP contribution in [0, 0.1) is 0 Å². The maximum Gasteiger partial charge on any atom is 0.264 e. The van der Waals surface area contributed by atoms with Crippen molar-refractivity contribution >= 4 is 27.5 Å². The van der Waals surface area contributed by atoms with E-state index in [1.165, 1.54) is 24.1 Å². The summed E-state index contributed by atoms with van der Waals surface area (Å²) in [6.07, 6.45) is 0.509. The van der Waals surface area contributed by atoms with Crippen LogP contribution in [0.15, 0.2) is 89.8 Å². The molecule has 0 aliphatic rings. The van der Waals surface area contributed by atoms with Gasteiger partial charge in [0.25, 0.3) is 10.0 Å². The van der Waals surface area contributed by atoms with Crippen molar-refractivity contribution in [1.82, 2.24) is 10.2 Å². The van der Waals surface area contributed by atoms with Crippen LogP contribution in [-0.4, -0.2) is 57.9 Å². The molecule has 0 saturated carbocycles. The van der Waals surface area contributed by atoms with Crippen LogP contribution in [0.4, 0.5) is 5.69 Å². The van der Waals surface area contributed by atoms with E-state index in [1.54, 1.807) is 56.3 Å². The molecule has 196 valence electrons. The van der Waals surface area contributed by atoms with E-state index in [1.807, 2.05) is 30.3 Å². The minimum Gasteiger partial charge on any atom is -0.492 e. The molecule has 3 aromatic rings. The Bertz CT molecular complexity index is 1280. The molecule has 0 aliphatic carbocycles. The molecule has 9 heteroatoms. The van der Waals surface area contributed by atoms with E-state index in [4.69, 9.17) is 4.74 Å². The number of benzene rings is 3. The molecule has 0 radical (unpaired) electrons. The van der Waals surface area contributed by atoms with Gasteiger partial charge in [-0.2, -0.15) is 0 Å². The summed E-state index contributed by atoms with van der Waals surface area (Å²) in [5, 5.41) is 2.58. The number of amides is 2. The van der Waals surface area contributed by atoms with Gasteiger partial charge in [0, 0.05) is 13.6 Å². The van der Waals surface area contributed by atoms with Crippen molar-refractivity contribution in [2.75, 3.05) is 31.0 Å². The van der Waals surface area contributed by atoms with Gasteiger partial charge in [-0.3, -0.25) is 13.9 Å². The molecule has 3 aromatic carbocycles. The van der Waals surface area contributed by atoms with E-state index < -0.39 is 28.5 Å². The number of ether oxygens (including phenoxy) is 1. The number of carbonyl (C=O) groups is 2. The Morgan fingerprint density at radius 2 is 1.51 bits per heavy atom. The van der Waals surface area contributed by atoms with Gasteiger partial charge in [-0.15, -0.1) is 0 Å². The molecular weight excluding hydrogens is 490 g/mol. The lowest BCUT2D eigenvalue weighted by atomic mass is 10.1. The van der Waals surface area contributed by atoms with Crippen LogP contribution in [0.5, 0.6) is 5.75 Å². The summed E-state index contributed by atoms with van der Waals surface area (Å²) >= 11 is 0. The van der Waals surface area contributed by atoms with Gasteiger partial charge < -0.3 is 15.0 Å². The van der Waals surface area contributed by atoms with Crippen molar-refractivity contribution in [3.05, 3.63) is 90.5 Å². The molecule has 1 N–H and O–H groups in total. The van der Waals surface area contributed by atoms with Crippen molar-refractivity contribution in [2.24, 2.45) is 0 Å². The molecule has 0 heterocycles. The smallest absolute Gasteiger partial charge is 0.264 e. The Hall–Kier alpha value is -3.85. The highest BCUT2D eigenvalue weighted by Gasteiger charge is 2.33. The number of sulfonamides is 1. The number of nitrogens with zero attached hydrogens (tertiary/aromatic N) is 2. The Morgan fingerprint density at radius 3 is 2.14 bits per heavy atom. The van der Waals surface area contributed by atoms with Crippen LogP contribution in [0.2, 0.25) is 0 Å². The van der Waals surface area contributed by atoms with Crippen LogP contribution in [-0.2, 0) is 26.0 Å². The first kappa shape index (κ1) is 27.7. The highest BCUT2D eigenvalue weighted by Crippen LogP contribution is 2.32. The van der Waals surface area contributed by atoms with Gasteiger partial charge in [0.2, 0.25) is 11.8 Å². The topological polar surface area (TPSA) is 96.0 Å². The maximum absolute atomic E-state index is 13.8. The predicted octanol–water partition coefficient (Wildman–Crippen LogP) is 3.49. The lowest BCUT2D eigenvalue weighted by Crippen LogP contribution is -2.51. The Balaban J connectivity index is 2.01. The van der Waals surface area contributed by atoms with Crippen molar-refractivity contribution in [1.29, 1.82) is 0 Å². The lowest BCUT2D eigenvalue weighted by molar-refractivity contribution is -0.138. The zero-order chi connectivity index (χ0) is 26.8. The molecule has 0 aromatic heterocycles. The third-order valence-electron chi connectivity index (χ3n) is 5.94. The second-order valence-electron chi connectivity index (χ2n) is 8.34. The fourth-order valence-corrected chi connectivity index (χ4v) is 5.40. The first-order chi connectivity index (χ1) is 17.8. The molecule has 37 heavy (non-hydrogen) atoms. The fourth-order valence-electron chi connectivity index (χ4n) is 3.95. The molecule has 8 nitrogen and oxygen atoms in total. The molecule has 0 fully saturated rings. The van der Waals surface area contributed by atoms with Crippen molar-refractivity contribution in [2.45, 2.75) is 31.2 Å². The van der Waals surface area contributed by atoms with E-state index in [2.05, 4.69) is 5.32 Å². The van der Waals surface area contributed by atoms with Gasteiger partial charge in [0.1, 0.15) is 18.3 Å². The quantitative estimate of drug-likeness (QED) is 0.392. The number of hydrogen-bond donors (Lipinski definition) is 1. The zero-order valence-corrected chi connectivity index (χ0v) is 22.1. The number of hydrogen-bond acceptors (Lipinski definition) is 5. The van der Waals surface area contributed by atoms with Gasteiger partial charge in [-0.1, -0.05) is 60.7 Å². The average molecular weight is 524 g/mol. The van der Waals surface area contributed by atoms with Crippen molar-refractivity contribution in [3.8, 4) is 5.75 Å². The summed E-state index contributed by atoms with van der Waals surface area (Å²) in [4.78, 5) is 27.7. The van der Waals surface area contributed by atoms with E-state index in [0.29, 0.717) is 18.8 Å². The summed E-state index contributed by atoms with van der Waals surface area (Å²) in [5.41, 5.74) is 1.25. The van der Waals surface area contributed by atoms with Gasteiger partial charge in [-0.25, -0.2) is 8.42 Å². The van der Waals surface area contributed by atoms with Gasteiger partial charge in [0.15, 0.2) is 0 Å². The third-order valence-corrected chi connectivity index (χ3v) is 7.72. The predicted molar refractivity (Wildman–Crippen MR) is 144 cm³/mol. The van der Waals surface area contributed by atoms with Gasteiger partial charge in [0.05, 0.1) is 17.2 Å². The molecule has 0 bridgehead atoms. The number of anilines is 1. The fraction of sp³-hybridized carbons (Fsp3) is 0.286. The molecule has 0 aliphatic heterocycles. The molecule has 0 unspecified atom stereocenters. The van der Waals surface area contributed by atoms with Crippen LogP contribution < -0.4 is 14.4 Å². The summed E-state index contributed by atoms with van der Waals surface area (Å²) in [6, 6.07) is 23.4. The molecule has 2 amide bonds. The first-order valence-corrected chi connectivity index (χ1v) is 13.6. The number of rotatable bonds is 12. The van der Waals surface area contributed by atoms with E-state index in [-0.39, 0.29) is 23.0 Å². The summed E-state index contributed by atoms with van der Waals surface area (Å²) in [7, 11) is -2.63. The highest BCUT2D eigenvalue weighted by atomic mass is 32.2. The zero-order valence-electron chi connectivity index (χ0n) is 21.3. The number of carbonyl (C=O) groups excluding carboxylic acids is 2. The van der Waals surface area contributed by atoms with Crippen LogP contribution in [0.25, 0.3) is 0 Å². The SMILES string of the molecule is CCOc1ccccc1N(CC(=O)N(CCc1ccccc1)[C@@H](C)C(=O)NC)S(=O)(=O)c1ccccc1. The number of para-hydroxylation sites is 2. The van der Waals surface area contributed by atoms with Crippen molar-refractivity contribution in [3.63, 3.8) is 0 Å². The minimum atomic E-state index is -4.14. The molecule has 0 saturated heterocycles. The summed E-state index contributed by atoms with van der Waals surface area (Å²) < 4.78 is 34.4. The normalized spacial score (nSPS) is 11.9. The standard InChI is InChI=1S/C28H33N3O5S/c1-4-36-26-18-12-11-17-25(26)31(37(34,35)24-15-9-6-10-16-24)21-27(32)30(22(2)28(33)29-3)20-19-23-13-7-5-8-14-23/h5-18,22H,4,19-21H2,1-3H3,(H,29,33)/t22-/m0/s1. The number of nitrogens with one attached hydrogen (secondary N) is 1. The molecule has 3 rings (SSSR count). The number of likely N-dealkylation sites (N-methyl/N-ethyl adjacent to an activating group) is 1. The van der Waals surface area contributed by atoms with E-state index in [9.17, 15) is 18.0 Å². The highest BCUT2D eigenvalue weighted by molar-refractivity contribution is 7.92. The van der Waals surface area contributed by atoms with Gasteiger partial charge in [-0.05, 0) is 50.1 Å². The van der Waals surface area contributed by atoms with Gasteiger partial charge >= 0.3 is 0 Å². The van der Waals surface area contributed by atoms with Crippen molar-refractivity contribution < 1.29 is 22.7 Å². The second-order valence-corrected chi connectivity index (χ2v) is 10.2.